The molecule has 4 aliphatic rings. The van der Waals surface area contributed by atoms with Crippen LogP contribution in [-0.2, 0) is 51.3 Å². The van der Waals surface area contributed by atoms with Gasteiger partial charge in [0.15, 0.2) is 21.8 Å². The van der Waals surface area contributed by atoms with Crippen LogP contribution in [0.2, 0.25) is 0 Å². The minimum Gasteiger partial charge on any atom is -0.494 e. The van der Waals surface area contributed by atoms with Crippen molar-refractivity contribution in [2.24, 2.45) is 17.6 Å². The summed E-state index contributed by atoms with van der Waals surface area (Å²) in [6, 6.07) is 13.9. The molecule has 0 radical (unpaired) electrons. The molecule has 3 unspecified atom stereocenters. The predicted octanol–water partition coefficient (Wildman–Crippen LogP) is 6.33. The average molecular weight is 1460 g/mol. The molecular weight excluding hydrogens is 1360 g/mol. The van der Waals surface area contributed by atoms with Crippen LogP contribution in [0.4, 0.5) is 10.0 Å². The van der Waals surface area contributed by atoms with Gasteiger partial charge in [-0.25, -0.2) is 9.97 Å². The Labute approximate surface area is 608 Å². The Hall–Kier alpha value is -8.84. The number of carbonyl (C=O) groups excluding carboxylic acids is 9. The summed E-state index contributed by atoms with van der Waals surface area (Å²) in [5.41, 5.74) is 7.90. The van der Waals surface area contributed by atoms with Gasteiger partial charge >= 0.3 is 5.97 Å². The summed E-state index contributed by atoms with van der Waals surface area (Å²) in [6.45, 7) is 4.96. The number of hydrogen-bond donors (Lipinski definition) is 12. The first-order chi connectivity index (χ1) is 49.6. The number of benzene rings is 2. The van der Waals surface area contributed by atoms with E-state index < -0.39 is 71.9 Å². The van der Waals surface area contributed by atoms with Gasteiger partial charge < -0.3 is 78.3 Å². The zero-order chi connectivity index (χ0) is 73.7. The quantitative estimate of drug-likeness (QED) is 0.0197. The number of thiazole rings is 2. The molecule has 3 aromatic heterocycles. The van der Waals surface area contributed by atoms with Gasteiger partial charge in [-0.3, -0.25) is 52.5 Å². The summed E-state index contributed by atoms with van der Waals surface area (Å²) in [5, 5.41) is 55.3. The summed E-state index contributed by atoms with van der Waals surface area (Å²) in [7, 11) is 3.36. The first-order valence-corrected chi connectivity index (χ1v) is 38.0. The summed E-state index contributed by atoms with van der Waals surface area (Å²) in [4.78, 5) is 152. The second-order valence-electron chi connectivity index (χ2n) is 27.3. The van der Waals surface area contributed by atoms with E-state index in [1.807, 2.05) is 60.7 Å². The first-order valence-electron chi connectivity index (χ1n) is 36.4. The van der Waals surface area contributed by atoms with E-state index in [2.05, 4.69) is 42.5 Å². The van der Waals surface area contributed by atoms with Crippen LogP contribution in [0, 0.1) is 11.8 Å². The number of likely N-dealkylation sites (N-methyl/N-ethyl adjacent to an activating group) is 2. The molecule has 2 aliphatic carbocycles. The number of amides is 9. The van der Waals surface area contributed by atoms with Crippen LogP contribution in [0.5, 0.6) is 11.8 Å². The number of anilines is 2. The minimum atomic E-state index is -1.28. The number of rotatable bonds is 35. The number of nitrogens with zero attached hydrogens (tertiary/aromatic N) is 6. The van der Waals surface area contributed by atoms with Gasteiger partial charge in [-0.1, -0.05) is 128 Å². The molecule has 4 fully saturated rings. The maximum Gasteiger partial charge on any atom is 0.320 e. The lowest BCUT2D eigenvalue weighted by atomic mass is 9.83. The van der Waals surface area contributed by atoms with Gasteiger partial charge in [-0.05, 0) is 117 Å². The fourth-order valence-corrected chi connectivity index (χ4v) is 15.9. The molecule has 0 spiro atoms. The number of unbranched alkanes of at least 4 members (excludes halogenated alkanes) is 2. The lowest BCUT2D eigenvalue weighted by Gasteiger charge is -2.35. The molecule has 9 rings (SSSR count). The Kier molecular flexibility index (Phi) is 28.9. The van der Waals surface area contributed by atoms with Crippen LogP contribution < -0.4 is 48.3 Å². The van der Waals surface area contributed by atoms with Gasteiger partial charge in [-0.2, -0.15) is 0 Å². The maximum atomic E-state index is 14.5. The molecular formula is C73H101N15O13S2. The summed E-state index contributed by atoms with van der Waals surface area (Å²) in [6.07, 6.45) is 12.9. The summed E-state index contributed by atoms with van der Waals surface area (Å²) in [5.74, 6) is -5.20. The van der Waals surface area contributed by atoms with Crippen LogP contribution in [0.25, 0.3) is 22.5 Å². The van der Waals surface area contributed by atoms with E-state index >= 15 is 0 Å². The maximum absolute atomic E-state index is 14.5. The van der Waals surface area contributed by atoms with Gasteiger partial charge in [0.25, 0.3) is 11.8 Å². The number of carboxylic acids is 1. The molecule has 0 bridgehead atoms. The Morgan fingerprint density at radius 3 is 1.47 bits per heavy atom. The number of carboxylic acid groups (broad SMARTS) is 1. The van der Waals surface area contributed by atoms with Crippen LogP contribution in [-0.4, -0.2) is 199 Å². The third-order valence-electron chi connectivity index (χ3n) is 20.2. The van der Waals surface area contributed by atoms with Gasteiger partial charge in [0.05, 0.1) is 12.1 Å². The molecule has 30 heteroatoms. The number of carbonyl (C=O) groups is 10. The van der Waals surface area contributed by atoms with Crippen LogP contribution in [0.1, 0.15) is 167 Å². The molecule has 2 saturated heterocycles. The number of nitrogens with one attached hydrogen (secondary N) is 8. The van der Waals surface area contributed by atoms with Crippen LogP contribution >= 0.6 is 22.7 Å². The van der Waals surface area contributed by atoms with Gasteiger partial charge in [0.1, 0.15) is 51.6 Å². The Morgan fingerprint density at radius 2 is 1.04 bits per heavy atom. The molecule has 2 aromatic carbocycles. The standard InChI is InChI=1S/C73H101N15O13S2/c1-44(75-3)60(91)79-58(48-28-14-7-15-29-48)71(98)86-40-20-32-52(86)62(93)83-66-56(46-24-10-5-11-25-46)81-68(102-66)64(95)77-35-22-37-85(54(89)34-18-9-19-39-88-55(90)43-50(70(88)97)42-51(74)73(100)101)38-23-36-78-65(96)69-82-57(47-26-12-6-13-27-47)67(103-69)84-63(94)53-33-21-41-87(53)72(99)59(49-30-16-8-17-31-49)80-61(92)45(2)76-4/h5-6,10-13,24-27,43-45,48-49,51-53,58-59,75-76,90,97H,7-9,14-23,28-42,74H2,1-4H3,(H,77,95)(H,78,96)(H,79,91)(H,80,92)(H,83,93)(H,84,94)(H,100,101)/t44-,45-,51?,52?,53?,58-,59-/m0/s1. The number of nitrogens with two attached hydrogens (primary N) is 1. The van der Waals surface area contributed by atoms with Crippen molar-refractivity contribution in [1.82, 2.24) is 61.1 Å². The fraction of sp³-hybridized carbons (Fsp3) is 0.562. The Bertz CT molecular complexity index is 3550. The first kappa shape index (κ1) is 78.3. The SMILES string of the molecule is CN[C@@H](C)C(=O)N[C@H](C(=O)N1CCCC1C(=O)Nc1sc(C(=O)NCCCN(CCCNC(=O)c2nc(-c3ccccc3)c(NC(=O)C3CCCN3C(=O)[C@@H](NC(=O)[C@H](C)NC)C3CCCCC3)s2)C(=O)CCCCCn2c(O)cc(CC(N)C(=O)O)c2O)nc1-c1ccccc1)C1CCCCC1. The second kappa shape index (κ2) is 38.1. The normalized spacial score (nSPS) is 17.9. The third kappa shape index (κ3) is 20.7. The Morgan fingerprint density at radius 1 is 0.592 bits per heavy atom. The smallest absolute Gasteiger partial charge is 0.320 e. The zero-order valence-corrected chi connectivity index (χ0v) is 61.0. The zero-order valence-electron chi connectivity index (χ0n) is 59.3. The highest BCUT2D eigenvalue weighted by Crippen LogP contribution is 2.38. The van der Waals surface area contributed by atoms with Crippen molar-refractivity contribution < 1.29 is 63.3 Å². The molecule has 5 aromatic rings. The third-order valence-corrected chi connectivity index (χ3v) is 22.1. The van der Waals surface area contributed by atoms with E-state index in [0.29, 0.717) is 103 Å². The van der Waals surface area contributed by atoms with E-state index in [0.717, 1.165) is 86.9 Å². The Balaban J connectivity index is 0.845. The highest BCUT2D eigenvalue weighted by Gasteiger charge is 2.44. The van der Waals surface area contributed by atoms with Crippen molar-refractivity contribution in [2.45, 2.75) is 198 Å². The number of aromatic hydroxyl groups is 2. The highest BCUT2D eigenvalue weighted by molar-refractivity contribution is 7.18. The van der Waals surface area contributed by atoms with Crippen LogP contribution in [0.15, 0.2) is 66.7 Å². The lowest BCUT2D eigenvalue weighted by Crippen LogP contribution is -2.57. The van der Waals surface area contributed by atoms with Crippen molar-refractivity contribution in [1.29, 1.82) is 0 Å². The van der Waals surface area contributed by atoms with E-state index in [1.165, 1.54) is 10.6 Å². The molecule has 9 amide bonds. The number of likely N-dealkylation sites (tertiary alicyclic amines) is 2. The van der Waals surface area contributed by atoms with Crippen molar-refractivity contribution in [3.05, 3.63) is 82.3 Å². The largest absolute Gasteiger partial charge is 0.494 e. The lowest BCUT2D eigenvalue weighted by molar-refractivity contribution is -0.142. The van der Waals surface area contributed by atoms with E-state index in [-0.39, 0.29) is 114 Å². The van der Waals surface area contributed by atoms with E-state index in [4.69, 9.17) is 15.7 Å². The predicted molar refractivity (Wildman–Crippen MR) is 392 cm³/mol. The molecule has 2 saturated carbocycles. The van der Waals surface area contributed by atoms with Gasteiger partial charge in [0.2, 0.25) is 41.4 Å². The second-order valence-corrected chi connectivity index (χ2v) is 29.3. The molecule has 2 aliphatic heterocycles. The summed E-state index contributed by atoms with van der Waals surface area (Å²) >= 11 is 1.99. The molecule has 558 valence electrons. The van der Waals surface area contributed by atoms with Crippen molar-refractivity contribution in [3.8, 4) is 34.3 Å². The molecule has 13 N–H and O–H groups in total. The van der Waals surface area contributed by atoms with Crippen LogP contribution in [0.3, 0.4) is 0 Å². The fourth-order valence-electron chi connectivity index (χ4n) is 14.1. The minimum absolute atomic E-state index is 0.0665. The monoisotopic (exact) mass is 1460 g/mol. The number of aliphatic carboxylic acids is 1. The van der Waals surface area contributed by atoms with Crippen molar-refractivity contribution in [2.75, 3.05) is 64.0 Å². The molecule has 28 nitrogen and oxygen atoms in total. The topological polar surface area (TPSA) is 394 Å². The van der Waals surface area contributed by atoms with Gasteiger partial charge in [0, 0.05) is 81.4 Å². The summed E-state index contributed by atoms with van der Waals surface area (Å²) < 4.78 is 1.26. The molecule has 7 atom stereocenters. The number of hydrogen-bond acceptors (Lipinski definition) is 19. The van der Waals surface area contributed by atoms with E-state index in [1.54, 1.807) is 42.6 Å². The molecule has 103 heavy (non-hydrogen) atoms. The van der Waals surface area contributed by atoms with Crippen molar-refractivity contribution >= 4 is 91.8 Å². The van der Waals surface area contributed by atoms with Crippen molar-refractivity contribution in [3.63, 3.8) is 0 Å². The number of aromatic nitrogens is 3. The average Bonchev–Trinajstić information content (AvgIpc) is 1.71. The van der Waals surface area contributed by atoms with E-state index in [9.17, 15) is 63.3 Å². The molecule has 5 heterocycles. The van der Waals surface area contributed by atoms with Gasteiger partial charge in [-0.15, -0.1) is 0 Å². The highest BCUT2D eigenvalue weighted by atomic mass is 32.1.